The molecule has 2 rings (SSSR count). The van der Waals surface area contributed by atoms with E-state index in [0.29, 0.717) is 0 Å². The number of hydrogen-bond acceptors (Lipinski definition) is 3. The number of aryl methyl sites for hydroxylation is 2. The standard InChI is InChI=1S/C15H23N3S/c1-11-6-7-19-13(11)9-16-8-12-10-18(5)17-14(12)15(2,3)4/h6-7,10,16H,8-9H2,1-5H3. The maximum absolute atomic E-state index is 4.59. The Morgan fingerprint density at radius 2 is 2.05 bits per heavy atom. The van der Waals surface area contributed by atoms with Crippen molar-refractivity contribution in [1.29, 1.82) is 0 Å². The first-order valence-corrected chi connectivity index (χ1v) is 7.52. The predicted octanol–water partition coefficient (Wildman–Crippen LogP) is 3.38. The molecular formula is C15H23N3S. The highest BCUT2D eigenvalue weighted by Crippen LogP contribution is 2.24. The van der Waals surface area contributed by atoms with Gasteiger partial charge in [0.05, 0.1) is 5.69 Å². The largest absolute Gasteiger partial charge is 0.308 e. The van der Waals surface area contributed by atoms with Crippen molar-refractivity contribution in [2.75, 3.05) is 0 Å². The second-order valence-electron chi connectivity index (χ2n) is 6.06. The minimum Gasteiger partial charge on any atom is -0.308 e. The molecule has 0 spiro atoms. The van der Waals surface area contributed by atoms with Crippen LogP contribution in [0.1, 0.15) is 42.5 Å². The van der Waals surface area contributed by atoms with Crippen molar-refractivity contribution in [1.82, 2.24) is 15.1 Å². The van der Waals surface area contributed by atoms with Crippen molar-refractivity contribution in [2.45, 2.75) is 46.2 Å². The first-order chi connectivity index (χ1) is 8.88. The normalized spacial score (nSPS) is 12.1. The van der Waals surface area contributed by atoms with Crippen LogP contribution in [-0.2, 0) is 25.6 Å². The van der Waals surface area contributed by atoms with E-state index in [1.54, 1.807) is 0 Å². The molecule has 104 valence electrons. The van der Waals surface area contributed by atoms with E-state index >= 15 is 0 Å². The summed E-state index contributed by atoms with van der Waals surface area (Å²) < 4.78 is 1.91. The Morgan fingerprint density at radius 3 is 2.63 bits per heavy atom. The molecule has 0 fully saturated rings. The Kier molecular flexibility index (Phi) is 4.11. The molecule has 1 N–H and O–H groups in total. The van der Waals surface area contributed by atoms with Gasteiger partial charge in [-0.25, -0.2) is 0 Å². The molecule has 0 atom stereocenters. The lowest BCUT2D eigenvalue weighted by Crippen LogP contribution is -2.19. The third-order valence-electron chi connectivity index (χ3n) is 3.18. The van der Waals surface area contributed by atoms with Crippen LogP contribution in [0, 0.1) is 6.92 Å². The predicted molar refractivity (Wildman–Crippen MR) is 81.5 cm³/mol. The van der Waals surface area contributed by atoms with Gasteiger partial charge in [-0.15, -0.1) is 11.3 Å². The van der Waals surface area contributed by atoms with Crippen LogP contribution in [0.15, 0.2) is 17.6 Å². The minimum atomic E-state index is 0.0944. The zero-order valence-corrected chi connectivity index (χ0v) is 13.3. The number of aromatic nitrogens is 2. The molecule has 2 aromatic rings. The number of hydrogen-bond donors (Lipinski definition) is 1. The summed E-state index contributed by atoms with van der Waals surface area (Å²) in [4.78, 5) is 1.42. The molecule has 19 heavy (non-hydrogen) atoms. The van der Waals surface area contributed by atoms with E-state index in [4.69, 9.17) is 0 Å². The minimum absolute atomic E-state index is 0.0944. The van der Waals surface area contributed by atoms with E-state index in [1.807, 2.05) is 23.1 Å². The van der Waals surface area contributed by atoms with E-state index in [0.717, 1.165) is 13.1 Å². The van der Waals surface area contributed by atoms with Gasteiger partial charge in [-0.05, 0) is 23.9 Å². The summed E-state index contributed by atoms with van der Waals surface area (Å²) in [5.41, 5.74) is 3.95. The Morgan fingerprint density at radius 1 is 1.32 bits per heavy atom. The average Bonchev–Trinajstić information content (AvgIpc) is 2.85. The number of rotatable bonds is 4. The monoisotopic (exact) mass is 277 g/mol. The fourth-order valence-electron chi connectivity index (χ4n) is 2.19. The molecular weight excluding hydrogens is 254 g/mol. The third kappa shape index (κ3) is 3.45. The van der Waals surface area contributed by atoms with Crippen molar-refractivity contribution in [3.63, 3.8) is 0 Å². The van der Waals surface area contributed by atoms with Crippen LogP contribution in [0.5, 0.6) is 0 Å². The van der Waals surface area contributed by atoms with E-state index in [1.165, 1.54) is 21.7 Å². The zero-order chi connectivity index (χ0) is 14.0. The fraction of sp³-hybridized carbons (Fsp3) is 0.533. The van der Waals surface area contributed by atoms with Crippen LogP contribution in [0.2, 0.25) is 0 Å². The van der Waals surface area contributed by atoms with E-state index in [2.05, 4.69) is 55.8 Å². The molecule has 0 aliphatic heterocycles. The molecule has 0 aromatic carbocycles. The molecule has 4 heteroatoms. The molecule has 0 aliphatic carbocycles. The second kappa shape index (κ2) is 5.47. The van der Waals surface area contributed by atoms with Crippen LogP contribution in [0.3, 0.4) is 0 Å². The van der Waals surface area contributed by atoms with Crippen molar-refractivity contribution in [3.05, 3.63) is 39.3 Å². The van der Waals surface area contributed by atoms with E-state index in [-0.39, 0.29) is 5.41 Å². The zero-order valence-electron chi connectivity index (χ0n) is 12.4. The summed E-state index contributed by atoms with van der Waals surface area (Å²) in [7, 11) is 1.99. The summed E-state index contributed by atoms with van der Waals surface area (Å²) in [6, 6.07) is 2.17. The van der Waals surface area contributed by atoms with Crippen molar-refractivity contribution in [2.24, 2.45) is 7.05 Å². The van der Waals surface area contributed by atoms with Gasteiger partial charge >= 0.3 is 0 Å². The van der Waals surface area contributed by atoms with Gasteiger partial charge in [-0.2, -0.15) is 5.10 Å². The van der Waals surface area contributed by atoms with Gasteiger partial charge in [0.2, 0.25) is 0 Å². The summed E-state index contributed by atoms with van der Waals surface area (Å²) in [6.45, 7) is 10.6. The van der Waals surface area contributed by atoms with Gasteiger partial charge < -0.3 is 5.32 Å². The molecule has 2 heterocycles. The first-order valence-electron chi connectivity index (χ1n) is 6.64. The topological polar surface area (TPSA) is 29.9 Å². The highest BCUT2D eigenvalue weighted by Gasteiger charge is 2.21. The number of nitrogens with one attached hydrogen (secondary N) is 1. The van der Waals surface area contributed by atoms with E-state index in [9.17, 15) is 0 Å². The number of thiophene rings is 1. The highest BCUT2D eigenvalue weighted by atomic mass is 32.1. The van der Waals surface area contributed by atoms with Crippen molar-refractivity contribution in [3.8, 4) is 0 Å². The fourth-order valence-corrected chi connectivity index (χ4v) is 3.07. The molecule has 0 unspecified atom stereocenters. The Labute approximate surface area is 119 Å². The molecule has 0 aliphatic rings. The summed E-state index contributed by atoms with van der Waals surface area (Å²) in [5.74, 6) is 0. The molecule has 0 amide bonds. The summed E-state index contributed by atoms with van der Waals surface area (Å²) in [5, 5.41) is 10.3. The SMILES string of the molecule is Cc1ccsc1CNCc1cn(C)nc1C(C)(C)C. The Hall–Kier alpha value is -1.13. The van der Waals surface area contributed by atoms with Crippen molar-refractivity contribution >= 4 is 11.3 Å². The molecule has 0 saturated carbocycles. The maximum Gasteiger partial charge on any atom is 0.0722 e. The summed E-state index contributed by atoms with van der Waals surface area (Å²) >= 11 is 1.82. The molecule has 2 aromatic heterocycles. The Balaban J connectivity index is 2.02. The van der Waals surface area contributed by atoms with Gasteiger partial charge in [0.15, 0.2) is 0 Å². The van der Waals surface area contributed by atoms with Crippen LogP contribution >= 0.6 is 11.3 Å². The smallest absolute Gasteiger partial charge is 0.0722 e. The molecule has 3 nitrogen and oxygen atoms in total. The lowest BCUT2D eigenvalue weighted by molar-refractivity contribution is 0.543. The van der Waals surface area contributed by atoms with E-state index < -0.39 is 0 Å². The summed E-state index contributed by atoms with van der Waals surface area (Å²) in [6.07, 6.45) is 2.12. The van der Waals surface area contributed by atoms with Gasteiger partial charge in [-0.1, -0.05) is 20.8 Å². The van der Waals surface area contributed by atoms with Crippen LogP contribution < -0.4 is 5.32 Å². The van der Waals surface area contributed by atoms with Crippen LogP contribution in [0.25, 0.3) is 0 Å². The molecule has 0 saturated heterocycles. The van der Waals surface area contributed by atoms with Crippen molar-refractivity contribution < 1.29 is 0 Å². The lowest BCUT2D eigenvalue weighted by Gasteiger charge is -2.17. The third-order valence-corrected chi connectivity index (χ3v) is 4.21. The second-order valence-corrected chi connectivity index (χ2v) is 7.06. The maximum atomic E-state index is 4.59. The number of nitrogens with zero attached hydrogens (tertiary/aromatic N) is 2. The van der Waals surface area contributed by atoms with Crippen LogP contribution in [0.4, 0.5) is 0 Å². The Bertz CT molecular complexity index is 546. The molecule has 0 radical (unpaired) electrons. The van der Waals surface area contributed by atoms with Crippen LogP contribution in [-0.4, -0.2) is 9.78 Å². The quantitative estimate of drug-likeness (QED) is 0.928. The van der Waals surface area contributed by atoms with Gasteiger partial charge in [-0.3, -0.25) is 4.68 Å². The van der Waals surface area contributed by atoms with Gasteiger partial charge in [0.25, 0.3) is 0 Å². The highest BCUT2D eigenvalue weighted by molar-refractivity contribution is 7.10. The average molecular weight is 277 g/mol. The van der Waals surface area contributed by atoms with Gasteiger partial charge in [0.1, 0.15) is 0 Å². The lowest BCUT2D eigenvalue weighted by atomic mass is 9.89. The first kappa shape index (κ1) is 14.3. The van der Waals surface area contributed by atoms with Gasteiger partial charge in [0, 0.05) is 42.2 Å². The molecule has 0 bridgehead atoms.